The van der Waals surface area contributed by atoms with E-state index < -0.39 is 12.0 Å². The zero-order chi connectivity index (χ0) is 18.4. The standard InChI is InChI=1S/C19H21ClN2O3/c1-22(2)16-10-6-14(7-11-16)19(24)21-17(12-18(23)25-3)13-4-8-15(20)9-5-13/h4-11,17H,12H2,1-3H3,(H,21,24). The second-order valence-electron chi connectivity index (χ2n) is 5.80. The van der Waals surface area contributed by atoms with E-state index in [4.69, 9.17) is 16.3 Å². The molecule has 0 bridgehead atoms. The third-order valence-electron chi connectivity index (χ3n) is 3.82. The predicted octanol–water partition coefficient (Wildman–Crippen LogP) is 3.44. The van der Waals surface area contributed by atoms with E-state index in [0.29, 0.717) is 10.6 Å². The van der Waals surface area contributed by atoms with E-state index in [1.165, 1.54) is 7.11 Å². The van der Waals surface area contributed by atoms with Crippen LogP contribution in [-0.2, 0) is 9.53 Å². The molecule has 0 aromatic heterocycles. The van der Waals surface area contributed by atoms with Crippen LogP contribution in [0.25, 0.3) is 0 Å². The fourth-order valence-electron chi connectivity index (χ4n) is 2.35. The van der Waals surface area contributed by atoms with Gasteiger partial charge < -0.3 is 15.0 Å². The number of benzene rings is 2. The number of esters is 1. The van der Waals surface area contributed by atoms with E-state index in [2.05, 4.69) is 5.32 Å². The van der Waals surface area contributed by atoms with Crippen molar-refractivity contribution in [3.8, 4) is 0 Å². The van der Waals surface area contributed by atoms with Gasteiger partial charge in [-0.2, -0.15) is 0 Å². The number of amides is 1. The summed E-state index contributed by atoms with van der Waals surface area (Å²) in [5.41, 5.74) is 2.31. The molecule has 1 unspecified atom stereocenters. The minimum Gasteiger partial charge on any atom is -0.469 e. The van der Waals surface area contributed by atoms with Crippen LogP contribution >= 0.6 is 11.6 Å². The highest BCUT2D eigenvalue weighted by atomic mass is 35.5. The molecular weight excluding hydrogens is 340 g/mol. The van der Waals surface area contributed by atoms with Gasteiger partial charge in [-0.1, -0.05) is 23.7 Å². The first-order valence-electron chi connectivity index (χ1n) is 7.81. The molecule has 0 aliphatic carbocycles. The molecule has 0 saturated carbocycles. The zero-order valence-corrected chi connectivity index (χ0v) is 15.2. The summed E-state index contributed by atoms with van der Waals surface area (Å²) in [4.78, 5) is 26.2. The fraction of sp³-hybridized carbons (Fsp3) is 0.263. The average Bonchev–Trinajstić information content (AvgIpc) is 2.61. The summed E-state index contributed by atoms with van der Waals surface area (Å²) in [7, 11) is 5.19. The lowest BCUT2D eigenvalue weighted by Gasteiger charge is -2.19. The van der Waals surface area contributed by atoms with Crippen molar-refractivity contribution in [1.29, 1.82) is 0 Å². The Morgan fingerprint density at radius 1 is 1.08 bits per heavy atom. The molecule has 1 N–H and O–H groups in total. The van der Waals surface area contributed by atoms with Crippen LogP contribution in [0.3, 0.4) is 0 Å². The molecular formula is C19H21ClN2O3. The number of carbonyl (C=O) groups is 2. The second kappa shape index (κ2) is 8.53. The van der Waals surface area contributed by atoms with Gasteiger partial charge in [-0.05, 0) is 42.0 Å². The highest BCUT2D eigenvalue weighted by molar-refractivity contribution is 6.30. The molecule has 132 valence electrons. The number of anilines is 1. The van der Waals surface area contributed by atoms with Crippen molar-refractivity contribution in [2.45, 2.75) is 12.5 Å². The van der Waals surface area contributed by atoms with Crippen molar-refractivity contribution in [3.63, 3.8) is 0 Å². The molecule has 1 atom stereocenters. The van der Waals surface area contributed by atoms with E-state index in [1.807, 2.05) is 31.1 Å². The Labute approximate surface area is 152 Å². The van der Waals surface area contributed by atoms with Gasteiger partial charge in [-0.3, -0.25) is 9.59 Å². The maximum atomic E-state index is 12.5. The van der Waals surface area contributed by atoms with Crippen LogP contribution in [0.15, 0.2) is 48.5 Å². The number of nitrogens with zero attached hydrogens (tertiary/aromatic N) is 1. The maximum Gasteiger partial charge on any atom is 0.307 e. The molecule has 1 amide bonds. The lowest BCUT2D eigenvalue weighted by Crippen LogP contribution is -2.30. The van der Waals surface area contributed by atoms with Crippen molar-refractivity contribution < 1.29 is 14.3 Å². The average molecular weight is 361 g/mol. The molecule has 2 aromatic carbocycles. The quantitative estimate of drug-likeness (QED) is 0.802. The largest absolute Gasteiger partial charge is 0.469 e. The van der Waals surface area contributed by atoms with Crippen LogP contribution in [0.4, 0.5) is 5.69 Å². The van der Waals surface area contributed by atoms with Gasteiger partial charge in [-0.15, -0.1) is 0 Å². The van der Waals surface area contributed by atoms with Gasteiger partial charge in [0.2, 0.25) is 0 Å². The Kier molecular flexibility index (Phi) is 6.42. The maximum absolute atomic E-state index is 12.5. The van der Waals surface area contributed by atoms with Crippen LogP contribution in [0.5, 0.6) is 0 Å². The molecule has 0 radical (unpaired) electrons. The van der Waals surface area contributed by atoms with E-state index in [0.717, 1.165) is 11.3 Å². The first kappa shape index (κ1) is 18.8. The lowest BCUT2D eigenvalue weighted by molar-refractivity contribution is -0.141. The van der Waals surface area contributed by atoms with Crippen LogP contribution in [0.1, 0.15) is 28.4 Å². The summed E-state index contributed by atoms with van der Waals surface area (Å²) in [6, 6.07) is 13.8. The number of carbonyl (C=O) groups excluding carboxylic acids is 2. The van der Waals surface area contributed by atoms with Gasteiger partial charge in [0.25, 0.3) is 5.91 Å². The van der Waals surface area contributed by atoms with Gasteiger partial charge in [-0.25, -0.2) is 0 Å². The number of hydrogen-bond donors (Lipinski definition) is 1. The monoisotopic (exact) mass is 360 g/mol. The summed E-state index contributed by atoms with van der Waals surface area (Å²) in [5, 5.41) is 3.48. The van der Waals surface area contributed by atoms with Gasteiger partial charge >= 0.3 is 5.97 Å². The topological polar surface area (TPSA) is 58.6 Å². The predicted molar refractivity (Wildman–Crippen MR) is 99.1 cm³/mol. The number of halogens is 1. The Balaban J connectivity index is 2.18. The molecule has 6 heteroatoms. The fourth-order valence-corrected chi connectivity index (χ4v) is 2.48. The van der Waals surface area contributed by atoms with Crippen molar-refractivity contribution in [2.24, 2.45) is 0 Å². The summed E-state index contributed by atoms with van der Waals surface area (Å²) < 4.78 is 4.73. The molecule has 2 aromatic rings. The van der Waals surface area contributed by atoms with Gasteiger partial charge in [0.05, 0.1) is 19.6 Å². The Bertz CT molecular complexity index is 727. The van der Waals surface area contributed by atoms with Gasteiger partial charge in [0.15, 0.2) is 0 Å². The first-order chi connectivity index (χ1) is 11.9. The number of methoxy groups -OCH3 is 1. The Hall–Kier alpha value is -2.53. The molecule has 0 aliphatic rings. The number of ether oxygens (including phenoxy) is 1. The molecule has 0 saturated heterocycles. The summed E-state index contributed by atoms with van der Waals surface area (Å²) in [6.45, 7) is 0. The van der Waals surface area contributed by atoms with Gasteiger partial charge in [0.1, 0.15) is 0 Å². The molecule has 5 nitrogen and oxygen atoms in total. The molecule has 0 fully saturated rings. The normalized spacial score (nSPS) is 11.5. The lowest BCUT2D eigenvalue weighted by atomic mass is 10.0. The molecule has 25 heavy (non-hydrogen) atoms. The minimum atomic E-state index is -0.495. The number of hydrogen-bond acceptors (Lipinski definition) is 4. The minimum absolute atomic E-state index is 0.0413. The van der Waals surface area contributed by atoms with E-state index in [-0.39, 0.29) is 12.3 Å². The number of nitrogens with one attached hydrogen (secondary N) is 1. The van der Waals surface area contributed by atoms with Crippen molar-refractivity contribution in [2.75, 3.05) is 26.1 Å². The van der Waals surface area contributed by atoms with E-state index in [1.54, 1.807) is 36.4 Å². The molecule has 0 spiro atoms. The van der Waals surface area contributed by atoms with Crippen molar-refractivity contribution in [1.82, 2.24) is 5.32 Å². The van der Waals surface area contributed by atoms with Crippen LogP contribution in [0.2, 0.25) is 5.02 Å². The van der Waals surface area contributed by atoms with E-state index >= 15 is 0 Å². The first-order valence-corrected chi connectivity index (χ1v) is 8.19. The highest BCUT2D eigenvalue weighted by Crippen LogP contribution is 2.21. The zero-order valence-electron chi connectivity index (χ0n) is 14.5. The summed E-state index contributed by atoms with van der Waals surface area (Å²) in [5.74, 6) is -0.655. The summed E-state index contributed by atoms with van der Waals surface area (Å²) >= 11 is 5.91. The van der Waals surface area contributed by atoms with E-state index in [9.17, 15) is 9.59 Å². The third kappa shape index (κ3) is 5.22. The Morgan fingerprint density at radius 3 is 2.20 bits per heavy atom. The Morgan fingerprint density at radius 2 is 1.68 bits per heavy atom. The molecule has 0 heterocycles. The molecule has 2 rings (SSSR count). The van der Waals surface area contributed by atoms with Crippen molar-refractivity contribution in [3.05, 3.63) is 64.7 Å². The van der Waals surface area contributed by atoms with Gasteiger partial charge in [0, 0.05) is 30.4 Å². The highest BCUT2D eigenvalue weighted by Gasteiger charge is 2.19. The van der Waals surface area contributed by atoms with Crippen LogP contribution in [-0.4, -0.2) is 33.1 Å². The summed E-state index contributed by atoms with van der Waals surface area (Å²) in [6.07, 6.45) is 0.0413. The van der Waals surface area contributed by atoms with Crippen LogP contribution in [0, 0.1) is 0 Å². The number of rotatable bonds is 6. The smallest absolute Gasteiger partial charge is 0.307 e. The molecule has 0 aliphatic heterocycles. The van der Waals surface area contributed by atoms with Crippen molar-refractivity contribution >= 4 is 29.2 Å². The second-order valence-corrected chi connectivity index (χ2v) is 6.24. The third-order valence-corrected chi connectivity index (χ3v) is 4.07. The SMILES string of the molecule is COC(=O)CC(NC(=O)c1ccc(N(C)C)cc1)c1ccc(Cl)cc1. The van der Waals surface area contributed by atoms with Crippen LogP contribution < -0.4 is 10.2 Å².